The Morgan fingerprint density at radius 3 is 2.41 bits per heavy atom. The van der Waals surface area contributed by atoms with Crippen molar-refractivity contribution in [2.75, 3.05) is 26.4 Å². The second-order valence-corrected chi connectivity index (χ2v) is 5.36. The van der Waals surface area contributed by atoms with Gasteiger partial charge in [0, 0.05) is 18.7 Å². The van der Waals surface area contributed by atoms with Gasteiger partial charge in [0.2, 0.25) is 0 Å². The van der Waals surface area contributed by atoms with Crippen molar-refractivity contribution >= 4 is 5.91 Å². The highest BCUT2D eigenvalue weighted by Gasteiger charge is 2.12. The summed E-state index contributed by atoms with van der Waals surface area (Å²) in [7, 11) is 0. The molecule has 0 spiro atoms. The highest BCUT2D eigenvalue weighted by molar-refractivity contribution is 5.94. The van der Waals surface area contributed by atoms with Crippen LogP contribution in [-0.2, 0) is 0 Å². The van der Waals surface area contributed by atoms with Crippen LogP contribution in [0.4, 0.5) is 0 Å². The first-order valence-corrected chi connectivity index (χ1v) is 7.91. The van der Waals surface area contributed by atoms with Crippen molar-refractivity contribution in [1.82, 2.24) is 5.32 Å². The molecule has 0 aromatic heterocycles. The van der Waals surface area contributed by atoms with E-state index in [0.29, 0.717) is 36.8 Å². The molecule has 22 heavy (non-hydrogen) atoms. The summed E-state index contributed by atoms with van der Waals surface area (Å²) >= 11 is 0. The number of ether oxygens (including phenoxy) is 2. The predicted molar refractivity (Wildman–Crippen MR) is 86.6 cm³/mol. The van der Waals surface area contributed by atoms with E-state index in [2.05, 4.69) is 5.32 Å². The molecule has 0 bridgehead atoms. The molecule has 1 aromatic carbocycles. The van der Waals surface area contributed by atoms with Gasteiger partial charge in [0.05, 0.1) is 13.2 Å². The summed E-state index contributed by atoms with van der Waals surface area (Å²) in [6.07, 6.45) is 1.80. The van der Waals surface area contributed by atoms with E-state index >= 15 is 0 Å². The molecule has 0 radical (unpaired) electrons. The van der Waals surface area contributed by atoms with E-state index in [1.165, 1.54) is 0 Å². The molecule has 1 amide bonds. The zero-order valence-corrected chi connectivity index (χ0v) is 13.7. The van der Waals surface area contributed by atoms with E-state index in [-0.39, 0.29) is 18.4 Å². The van der Waals surface area contributed by atoms with Crippen LogP contribution in [-0.4, -0.2) is 37.4 Å². The van der Waals surface area contributed by atoms with Crippen LogP contribution < -0.4 is 14.8 Å². The third-order valence-corrected chi connectivity index (χ3v) is 3.05. The monoisotopic (exact) mass is 309 g/mol. The number of aliphatic hydroxyl groups excluding tert-OH is 1. The highest BCUT2D eigenvalue weighted by Crippen LogP contribution is 2.28. The smallest absolute Gasteiger partial charge is 0.251 e. The number of hydrogen-bond acceptors (Lipinski definition) is 4. The summed E-state index contributed by atoms with van der Waals surface area (Å²) in [5.41, 5.74) is 0.528. The maximum atomic E-state index is 12.1. The lowest BCUT2D eigenvalue weighted by Gasteiger charge is -2.14. The molecule has 0 saturated heterocycles. The van der Waals surface area contributed by atoms with Gasteiger partial charge in [-0.3, -0.25) is 4.79 Å². The Hall–Kier alpha value is -1.75. The molecular formula is C17H27NO4. The minimum atomic E-state index is -0.177. The Morgan fingerprint density at radius 2 is 1.82 bits per heavy atom. The first-order chi connectivity index (χ1) is 10.6. The van der Waals surface area contributed by atoms with Crippen molar-refractivity contribution in [2.45, 2.75) is 33.6 Å². The van der Waals surface area contributed by atoms with E-state index in [4.69, 9.17) is 14.6 Å². The van der Waals surface area contributed by atoms with E-state index in [1.54, 1.807) is 18.2 Å². The van der Waals surface area contributed by atoms with Gasteiger partial charge in [0.15, 0.2) is 11.5 Å². The van der Waals surface area contributed by atoms with Gasteiger partial charge in [0.1, 0.15) is 0 Å². The summed E-state index contributed by atoms with van der Waals surface area (Å²) in [5, 5.41) is 11.8. The van der Waals surface area contributed by atoms with Gasteiger partial charge in [-0.05, 0) is 37.0 Å². The summed E-state index contributed by atoms with van der Waals surface area (Å²) in [5.74, 6) is 1.12. The average molecular weight is 309 g/mol. The lowest BCUT2D eigenvalue weighted by Crippen LogP contribution is -2.29. The van der Waals surface area contributed by atoms with Crippen LogP contribution in [0.5, 0.6) is 11.5 Å². The van der Waals surface area contributed by atoms with Crippen LogP contribution in [0.15, 0.2) is 18.2 Å². The quantitative estimate of drug-likeness (QED) is 0.697. The van der Waals surface area contributed by atoms with Crippen LogP contribution in [0.3, 0.4) is 0 Å². The molecule has 0 heterocycles. The number of hydrogen-bond donors (Lipinski definition) is 2. The predicted octanol–water partition coefficient (Wildman–Crippen LogP) is 2.62. The molecule has 0 saturated carbocycles. The molecule has 0 aliphatic rings. The van der Waals surface area contributed by atoms with Crippen molar-refractivity contribution in [2.24, 2.45) is 5.92 Å². The molecule has 5 heteroatoms. The minimum absolute atomic E-state index is 0.0342. The standard InChI is InChI=1S/C17H27NO4/c1-4-8-21-15-7-6-14(10-16(15)22-9-5-2)17(20)18-11-13(3)12-19/h6-7,10,13,19H,4-5,8-9,11-12H2,1-3H3,(H,18,20)/t13-/m0/s1. The Bertz CT molecular complexity index is 462. The number of carbonyl (C=O) groups is 1. The maximum absolute atomic E-state index is 12.1. The number of benzene rings is 1. The Labute approximate surface area is 132 Å². The Morgan fingerprint density at radius 1 is 1.18 bits per heavy atom. The molecule has 5 nitrogen and oxygen atoms in total. The van der Waals surface area contributed by atoms with Crippen molar-refractivity contribution in [3.8, 4) is 11.5 Å². The molecule has 2 N–H and O–H groups in total. The van der Waals surface area contributed by atoms with Gasteiger partial charge >= 0.3 is 0 Å². The molecule has 1 atom stereocenters. The number of aliphatic hydroxyl groups is 1. The molecule has 0 fully saturated rings. The van der Waals surface area contributed by atoms with Gasteiger partial charge in [-0.25, -0.2) is 0 Å². The SMILES string of the molecule is CCCOc1ccc(C(=O)NC[C@H](C)CO)cc1OCCC. The Kier molecular flexibility index (Phi) is 8.36. The molecule has 1 aromatic rings. The van der Waals surface area contributed by atoms with Crippen LogP contribution in [0.25, 0.3) is 0 Å². The second kappa shape index (κ2) is 10.1. The summed E-state index contributed by atoms with van der Waals surface area (Å²) in [6.45, 7) is 7.62. The average Bonchev–Trinajstić information content (AvgIpc) is 2.55. The van der Waals surface area contributed by atoms with Crippen molar-refractivity contribution in [3.05, 3.63) is 23.8 Å². The molecule has 124 valence electrons. The van der Waals surface area contributed by atoms with Gasteiger partial charge in [-0.2, -0.15) is 0 Å². The van der Waals surface area contributed by atoms with Crippen LogP contribution in [0.2, 0.25) is 0 Å². The first kappa shape index (κ1) is 18.3. The summed E-state index contributed by atoms with van der Waals surface area (Å²) in [6, 6.07) is 5.20. The minimum Gasteiger partial charge on any atom is -0.490 e. The zero-order chi connectivity index (χ0) is 16.4. The number of nitrogens with one attached hydrogen (secondary N) is 1. The van der Waals surface area contributed by atoms with Gasteiger partial charge in [0.25, 0.3) is 5.91 Å². The zero-order valence-electron chi connectivity index (χ0n) is 13.7. The van der Waals surface area contributed by atoms with Gasteiger partial charge in [-0.1, -0.05) is 20.8 Å². The van der Waals surface area contributed by atoms with E-state index in [1.807, 2.05) is 20.8 Å². The molecule has 0 aliphatic carbocycles. The summed E-state index contributed by atoms with van der Waals surface area (Å²) in [4.78, 5) is 12.1. The Balaban J connectivity index is 2.80. The molecule has 0 aliphatic heterocycles. The maximum Gasteiger partial charge on any atom is 0.251 e. The third-order valence-electron chi connectivity index (χ3n) is 3.05. The third kappa shape index (κ3) is 5.93. The lowest BCUT2D eigenvalue weighted by molar-refractivity contribution is 0.0941. The van der Waals surface area contributed by atoms with Gasteiger partial charge in [-0.15, -0.1) is 0 Å². The van der Waals surface area contributed by atoms with Crippen LogP contribution in [0.1, 0.15) is 44.0 Å². The van der Waals surface area contributed by atoms with Crippen molar-refractivity contribution < 1.29 is 19.4 Å². The fraction of sp³-hybridized carbons (Fsp3) is 0.588. The van der Waals surface area contributed by atoms with Crippen LogP contribution in [0, 0.1) is 5.92 Å². The molecule has 0 unspecified atom stereocenters. The normalized spacial score (nSPS) is 11.8. The lowest BCUT2D eigenvalue weighted by atomic mass is 10.1. The van der Waals surface area contributed by atoms with E-state index in [0.717, 1.165) is 12.8 Å². The van der Waals surface area contributed by atoms with E-state index < -0.39 is 0 Å². The summed E-state index contributed by atoms with van der Waals surface area (Å²) < 4.78 is 11.3. The molecule has 1 rings (SSSR count). The number of amides is 1. The number of carbonyl (C=O) groups excluding carboxylic acids is 1. The van der Waals surface area contributed by atoms with Crippen molar-refractivity contribution in [1.29, 1.82) is 0 Å². The van der Waals surface area contributed by atoms with Crippen molar-refractivity contribution in [3.63, 3.8) is 0 Å². The molecular weight excluding hydrogens is 282 g/mol. The fourth-order valence-electron chi connectivity index (χ4n) is 1.74. The topological polar surface area (TPSA) is 67.8 Å². The number of rotatable bonds is 10. The van der Waals surface area contributed by atoms with E-state index in [9.17, 15) is 4.79 Å². The highest BCUT2D eigenvalue weighted by atomic mass is 16.5. The largest absolute Gasteiger partial charge is 0.490 e. The first-order valence-electron chi connectivity index (χ1n) is 7.91. The second-order valence-electron chi connectivity index (χ2n) is 5.36. The van der Waals surface area contributed by atoms with Crippen LogP contribution >= 0.6 is 0 Å². The van der Waals surface area contributed by atoms with Gasteiger partial charge < -0.3 is 19.9 Å². The fourth-order valence-corrected chi connectivity index (χ4v) is 1.74.